The number of carbonyl (C=O) groups excluding carboxylic acids is 3. The monoisotopic (exact) mass is 384 g/mol. The fraction of sp³-hybridized carbons (Fsp3) is 0.190. The Kier molecular flexibility index (Phi) is 8.39. The molecule has 0 aliphatic carbocycles. The van der Waals surface area contributed by atoms with Crippen LogP contribution in [-0.2, 0) is 25.5 Å². The van der Waals surface area contributed by atoms with Crippen LogP contribution >= 0.6 is 0 Å². The zero-order chi connectivity index (χ0) is 20.2. The number of esters is 1. The standard InChI is InChI=1S/C21H21FN2O4/c22-18-9-5-4-8-17(18)12-13-23-20(26)15-28-21(27)14-24-19(25)11-10-16-6-2-1-3-7-16/h1-11H,12-15H2,(H,23,26)(H,24,25)/b11-10+. The van der Waals surface area contributed by atoms with Gasteiger partial charge in [0.1, 0.15) is 12.4 Å². The molecule has 0 atom stereocenters. The van der Waals surface area contributed by atoms with Gasteiger partial charge in [-0.05, 0) is 29.7 Å². The Labute approximate surface area is 162 Å². The maximum atomic E-state index is 13.4. The minimum Gasteiger partial charge on any atom is -0.454 e. The van der Waals surface area contributed by atoms with Crippen LogP contribution in [0.15, 0.2) is 60.7 Å². The lowest BCUT2D eigenvalue weighted by atomic mass is 10.1. The first-order valence-corrected chi connectivity index (χ1v) is 8.71. The van der Waals surface area contributed by atoms with Crippen molar-refractivity contribution in [1.82, 2.24) is 10.6 Å². The van der Waals surface area contributed by atoms with Gasteiger partial charge >= 0.3 is 5.97 Å². The summed E-state index contributed by atoms with van der Waals surface area (Å²) in [7, 11) is 0. The van der Waals surface area contributed by atoms with Crippen molar-refractivity contribution in [2.75, 3.05) is 19.7 Å². The van der Waals surface area contributed by atoms with Gasteiger partial charge in [0.25, 0.3) is 5.91 Å². The van der Waals surface area contributed by atoms with Gasteiger partial charge < -0.3 is 15.4 Å². The Morgan fingerprint density at radius 2 is 1.68 bits per heavy atom. The van der Waals surface area contributed by atoms with Crippen molar-refractivity contribution in [3.05, 3.63) is 77.6 Å². The molecule has 2 aromatic carbocycles. The van der Waals surface area contributed by atoms with Gasteiger partial charge in [0.15, 0.2) is 6.61 Å². The molecule has 0 aliphatic heterocycles. The second-order valence-electron chi connectivity index (χ2n) is 5.81. The molecule has 0 unspecified atom stereocenters. The first-order chi connectivity index (χ1) is 13.5. The Bertz CT molecular complexity index is 837. The van der Waals surface area contributed by atoms with E-state index >= 15 is 0 Å². The maximum Gasteiger partial charge on any atom is 0.325 e. The minimum atomic E-state index is -0.731. The highest BCUT2D eigenvalue weighted by Crippen LogP contribution is 2.06. The van der Waals surface area contributed by atoms with E-state index in [-0.39, 0.29) is 18.9 Å². The van der Waals surface area contributed by atoms with Gasteiger partial charge in [-0.3, -0.25) is 14.4 Å². The van der Waals surface area contributed by atoms with E-state index in [1.807, 2.05) is 30.3 Å². The summed E-state index contributed by atoms with van der Waals surface area (Å²) in [6, 6.07) is 15.5. The zero-order valence-electron chi connectivity index (χ0n) is 15.2. The molecule has 2 N–H and O–H groups in total. The molecular formula is C21H21FN2O4. The molecule has 2 amide bonds. The number of rotatable bonds is 9. The summed E-state index contributed by atoms with van der Waals surface area (Å²) in [5.74, 6) is -2.01. The minimum absolute atomic E-state index is 0.221. The molecule has 0 bridgehead atoms. The van der Waals surface area contributed by atoms with Crippen LogP contribution in [0.2, 0.25) is 0 Å². The third-order valence-electron chi connectivity index (χ3n) is 3.67. The predicted octanol–water partition coefficient (Wildman–Crippen LogP) is 1.86. The summed E-state index contributed by atoms with van der Waals surface area (Å²) >= 11 is 0. The molecule has 0 aliphatic rings. The maximum absolute atomic E-state index is 13.4. The van der Waals surface area contributed by atoms with Crippen molar-refractivity contribution in [3.63, 3.8) is 0 Å². The quantitative estimate of drug-likeness (QED) is 0.511. The Hall–Kier alpha value is -3.48. The number of hydrogen-bond donors (Lipinski definition) is 2. The fourth-order valence-corrected chi connectivity index (χ4v) is 2.24. The van der Waals surface area contributed by atoms with Crippen molar-refractivity contribution in [3.8, 4) is 0 Å². The average Bonchev–Trinajstić information content (AvgIpc) is 2.71. The third kappa shape index (κ3) is 7.82. The number of halogens is 1. The first-order valence-electron chi connectivity index (χ1n) is 8.71. The van der Waals surface area contributed by atoms with E-state index in [0.29, 0.717) is 12.0 Å². The van der Waals surface area contributed by atoms with Crippen molar-refractivity contribution in [2.24, 2.45) is 0 Å². The highest BCUT2D eigenvalue weighted by atomic mass is 19.1. The van der Waals surface area contributed by atoms with Crippen LogP contribution in [0.5, 0.6) is 0 Å². The van der Waals surface area contributed by atoms with Crippen molar-refractivity contribution < 1.29 is 23.5 Å². The largest absolute Gasteiger partial charge is 0.454 e. The van der Waals surface area contributed by atoms with E-state index in [1.165, 1.54) is 12.1 Å². The molecule has 0 saturated carbocycles. The Morgan fingerprint density at radius 1 is 0.964 bits per heavy atom. The van der Waals surface area contributed by atoms with Gasteiger partial charge in [-0.2, -0.15) is 0 Å². The highest BCUT2D eigenvalue weighted by molar-refractivity contribution is 5.93. The summed E-state index contributed by atoms with van der Waals surface area (Å²) in [5, 5.41) is 4.91. The number of carbonyl (C=O) groups is 3. The molecule has 146 valence electrons. The molecule has 0 heterocycles. The van der Waals surface area contributed by atoms with Gasteiger partial charge in [-0.15, -0.1) is 0 Å². The number of amides is 2. The van der Waals surface area contributed by atoms with Crippen molar-refractivity contribution >= 4 is 23.9 Å². The number of nitrogens with one attached hydrogen (secondary N) is 2. The van der Waals surface area contributed by atoms with Gasteiger partial charge in [0.05, 0.1) is 0 Å². The Balaban J connectivity index is 1.60. The normalized spacial score (nSPS) is 10.5. The number of benzene rings is 2. The summed E-state index contributed by atoms with van der Waals surface area (Å²) in [6.07, 6.45) is 3.25. The van der Waals surface area contributed by atoms with Crippen LogP contribution in [0.25, 0.3) is 6.08 Å². The van der Waals surface area contributed by atoms with E-state index in [9.17, 15) is 18.8 Å². The van der Waals surface area contributed by atoms with E-state index in [1.54, 1.807) is 24.3 Å². The summed E-state index contributed by atoms with van der Waals surface area (Å²) in [6.45, 7) is -0.593. The smallest absolute Gasteiger partial charge is 0.325 e. The van der Waals surface area contributed by atoms with Crippen LogP contribution in [-0.4, -0.2) is 37.5 Å². The van der Waals surface area contributed by atoms with Gasteiger partial charge in [0, 0.05) is 12.6 Å². The van der Waals surface area contributed by atoms with Gasteiger partial charge in [0.2, 0.25) is 5.91 Å². The zero-order valence-corrected chi connectivity index (χ0v) is 15.2. The van der Waals surface area contributed by atoms with Gasteiger partial charge in [-0.25, -0.2) is 4.39 Å². The lowest BCUT2D eigenvalue weighted by Gasteiger charge is -2.07. The lowest BCUT2D eigenvalue weighted by molar-refractivity contribution is -0.148. The van der Waals surface area contributed by atoms with Crippen LogP contribution < -0.4 is 10.6 Å². The first kappa shape index (κ1) is 20.8. The van der Waals surface area contributed by atoms with Crippen LogP contribution in [0.3, 0.4) is 0 Å². The molecule has 0 fully saturated rings. The highest BCUT2D eigenvalue weighted by Gasteiger charge is 2.08. The molecule has 2 aromatic rings. The molecule has 0 saturated heterocycles. The molecule has 0 spiro atoms. The molecule has 6 nitrogen and oxygen atoms in total. The second kappa shape index (κ2) is 11.3. The third-order valence-corrected chi connectivity index (χ3v) is 3.67. The summed E-state index contributed by atoms with van der Waals surface area (Å²) in [4.78, 5) is 34.9. The van der Waals surface area contributed by atoms with Gasteiger partial charge in [-0.1, -0.05) is 48.5 Å². The second-order valence-corrected chi connectivity index (χ2v) is 5.81. The number of hydrogen-bond acceptors (Lipinski definition) is 4. The van der Waals surface area contributed by atoms with Crippen LogP contribution in [0.4, 0.5) is 4.39 Å². The van der Waals surface area contributed by atoms with E-state index in [2.05, 4.69) is 10.6 Å². The molecule has 2 rings (SSSR count). The molecule has 7 heteroatoms. The average molecular weight is 384 g/mol. The summed E-state index contributed by atoms with van der Waals surface area (Å²) < 4.78 is 18.2. The Morgan fingerprint density at radius 3 is 2.43 bits per heavy atom. The van der Waals surface area contributed by atoms with E-state index in [4.69, 9.17) is 4.74 Å². The molecule has 28 heavy (non-hydrogen) atoms. The van der Waals surface area contributed by atoms with Crippen molar-refractivity contribution in [1.29, 1.82) is 0 Å². The predicted molar refractivity (Wildman–Crippen MR) is 103 cm³/mol. The summed E-state index contributed by atoms with van der Waals surface area (Å²) in [5.41, 5.74) is 1.35. The number of ether oxygens (including phenoxy) is 1. The van der Waals surface area contributed by atoms with Crippen LogP contribution in [0.1, 0.15) is 11.1 Å². The van der Waals surface area contributed by atoms with E-state index in [0.717, 1.165) is 5.56 Å². The lowest BCUT2D eigenvalue weighted by Crippen LogP contribution is -2.34. The molecular weight excluding hydrogens is 363 g/mol. The SMILES string of the molecule is O=C(/C=C/c1ccccc1)NCC(=O)OCC(=O)NCCc1ccccc1F. The van der Waals surface area contributed by atoms with Crippen molar-refractivity contribution in [2.45, 2.75) is 6.42 Å². The molecule has 0 radical (unpaired) electrons. The van der Waals surface area contributed by atoms with E-state index < -0.39 is 24.4 Å². The fourth-order valence-electron chi connectivity index (χ4n) is 2.24. The van der Waals surface area contributed by atoms with Crippen LogP contribution in [0, 0.1) is 5.82 Å². The molecule has 0 aromatic heterocycles. The topological polar surface area (TPSA) is 84.5 Å².